The van der Waals surface area contributed by atoms with Gasteiger partial charge in [0.1, 0.15) is 0 Å². The second-order valence-electron chi connectivity index (χ2n) is 7.13. The Balaban J connectivity index is 2.14. The molecule has 0 aromatic heterocycles. The molecule has 0 bridgehead atoms. The van der Waals surface area contributed by atoms with E-state index in [4.69, 9.17) is 11.6 Å². The lowest BCUT2D eigenvalue weighted by Crippen LogP contribution is -2.44. The highest BCUT2D eigenvalue weighted by atomic mass is 35.5. The van der Waals surface area contributed by atoms with Crippen molar-refractivity contribution in [2.45, 2.75) is 37.8 Å². The molecule has 1 aromatic carbocycles. The minimum Gasteiger partial charge on any atom is -0.339 e. The molecule has 5 nitrogen and oxygen atoms in total. The zero-order chi connectivity index (χ0) is 22.0. The van der Waals surface area contributed by atoms with Crippen LogP contribution in [0.1, 0.15) is 32.3 Å². The molecule has 162 valence electrons. The lowest BCUT2D eigenvalue weighted by Gasteiger charge is -2.33. The third-order valence-electron chi connectivity index (χ3n) is 4.84. The Morgan fingerprint density at radius 2 is 1.90 bits per heavy atom. The number of rotatable bonds is 6. The molecule has 1 heterocycles. The van der Waals surface area contributed by atoms with Crippen LogP contribution in [-0.2, 0) is 21.0 Å². The first kappa shape index (κ1) is 23.7. The molecule has 0 aliphatic carbocycles. The summed E-state index contributed by atoms with van der Waals surface area (Å²) >= 11 is 5.57. The summed E-state index contributed by atoms with van der Waals surface area (Å²) < 4.78 is 65.9. The van der Waals surface area contributed by atoms with Crippen molar-refractivity contribution in [3.8, 4) is 0 Å². The van der Waals surface area contributed by atoms with Crippen LogP contribution < -0.4 is 0 Å². The van der Waals surface area contributed by atoms with Gasteiger partial charge in [-0.05, 0) is 44.9 Å². The van der Waals surface area contributed by atoms with E-state index in [1.54, 1.807) is 4.90 Å². The van der Waals surface area contributed by atoms with Gasteiger partial charge >= 0.3 is 6.18 Å². The van der Waals surface area contributed by atoms with Gasteiger partial charge in [0.15, 0.2) is 0 Å². The summed E-state index contributed by atoms with van der Waals surface area (Å²) in [7, 11) is -4.12. The molecule has 1 fully saturated rings. The Morgan fingerprint density at radius 3 is 2.38 bits per heavy atom. The van der Waals surface area contributed by atoms with Crippen LogP contribution in [0.4, 0.5) is 13.2 Å². The number of carbonyl (C=O) groups excluding carboxylic acids is 1. The third kappa shape index (κ3) is 5.52. The van der Waals surface area contributed by atoms with Gasteiger partial charge < -0.3 is 4.90 Å². The number of hydrogen-bond donors (Lipinski definition) is 0. The summed E-state index contributed by atoms with van der Waals surface area (Å²) in [5.74, 6) is -0.380. The summed E-state index contributed by atoms with van der Waals surface area (Å²) in [6.07, 6.45) is -4.14. The molecule has 10 heteroatoms. The fourth-order valence-electron chi connectivity index (χ4n) is 3.30. The van der Waals surface area contributed by atoms with Crippen molar-refractivity contribution in [2.75, 3.05) is 26.2 Å². The number of likely N-dealkylation sites (N-methyl/N-ethyl adjacent to an activating group) is 1. The first-order valence-corrected chi connectivity index (χ1v) is 11.0. The van der Waals surface area contributed by atoms with Crippen LogP contribution in [0.15, 0.2) is 35.2 Å². The van der Waals surface area contributed by atoms with E-state index in [1.807, 2.05) is 13.8 Å². The number of hydrogen-bond acceptors (Lipinski definition) is 3. The Labute approximate surface area is 174 Å². The maximum absolute atomic E-state index is 13.1. The number of sulfonamides is 1. The molecular weight excluding hydrogens is 429 g/mol. The molecule has 0 unspecified atom stereocenters. The summed E-state index contributed by atoms with van der Waals surface area (Å²) in [4.78, 5) is 13.9. The fourth-order valence-corrected chi connectivity index (χ4v) is 5.02. The number of halogens is 4. The number of amides is 1. The van der Waals surface area contributed by atoms with Gasteiger partial charge in [0.05, 0.1) is 15.5 Å². The average Bonchev–Trinajstić information content (AvgIpc) is 2.64. The predicted molar refractivity (Wildman–Crippen MR) is 105 cm³/mol. The minimum atomic E-state index is -4.76. The average molecular weight is 453 g/mol. The van der Waals surface area contributed by atoms with Gasteiger partial charge in [0.2, 0.25) is 15.9 Å². The van der Waals surface area contributed by atoms with E-state index < -0.39 is 31.7 Å². The second kappa shape index (κ2) is 9.06. The first-order chi connectivity index (χ1) is 13.4. The molecule has 1 saturated heterocycles. The summed E-state index contributed by atoms with van der Waals surface area (Å²) in [5, 5.41) is -0.557. The smallest absolute Gasteiger partial charge is 0.339 e. The minimum absolute atomic E-state index is 0.0570. The van der Waals surface area contributed by atoms with E-state index in [2.05, 4.69) is 6.58 Å². The van der Waals surface area contributed by atoms with E-state index in [9.17, 15) is 26.4 Å². The van der Waals surface area contributed by atoms with Crippen molar-refractivity contribution < 1.29 is 26.4 Å². The molecule has 29 heavy (non-hydrogen) atoms. The molecule has 2 rings (SSSR count). The van der Waals surface area contributed by atoms with E-state index in [1.165, 1.54) is 0 Å². The monoisotopic (exact) mass is 452 g/mol. The van der Waals surface area contributed by atoms with Crippen LogP contribution in [0.5, 0.6) is 0 Å². The Bertz CT molecular complexity index is 879. The van der Waals surface area contributed by atoms with Crippen molar-refractivity contribution in [1.82, 2.24) is 9.21 Å². The summed E-state index contributed by atoms with van der Waals surface area (Å²) in [5.41, 5.74) is -0.341. The fraction of sp³-hybridized carbons (Fsp3) is 0.526. The lowest BCUT2D eigenvalue weighted by molar-refractivity contribution is -0.138. The van der Waals surface area contributed by atoms with E-state index >= 15 is 0 Å². The largest absolute Gasteiger partial charge is 0.417 e. The lowest BCUT2D eigenvalue weighted by atomic mass is 9.96. The Hall–Kier alpha value is -1.58. The SMILES string of the molecule is C=C(C)CN(CC)C(=O)C1CCN(S(=O)(=O)c2ccc(Cl)c(C(F)(F)F)c2)CC1. The maximum atomic E-state index is 13.1. The Kier molecular flexibility index (Phi) is 7.40. The molecule has 0 spiro atoms. The normalized spacial score (nSPS) is 16.6. The van der Waals surface area contributed by atoms with E-state index in [-0.39, 0.29) is 24.9 Å². The molecule has 1 aromatic rings. The van der Waals surface area contributed by atoms with Crippen LogP contribution in [-0.4, -0.2) is 49.7 Å². The number of nitrogens with zero attached hydrogens (tertiary/aromatic N) is 2. The summed E-state index contributed by atoms with van der Waals surface area (Å²) in [6, 6.07) is 2.56. The number of carbonyl (C=O) groups is 1. The van der Waals surface area contributed by atoms with Crippen LogP contribution in [0, 0.1) is 5.92 Å². The highest BCUT2D eigenvalue weighted by Gasteiger charge is 2.37. The van der Waals surface area contributed by atoms with Crippen molar-refractivity contribution in [3.05, 3.63) is 40.9 Å². The molecule has 0 atom stereocenters. The molecule has 0 saturated carbocycles. The van der Waals surface area contributed by atoms with Gasteiger partial charge in [0.25, 0.3) is 0 Å². The zero-order valence-electron chi connectivity index (χ0n) is 16.3. The van der Waals surface area contributed by atoms with Crippen LogP contribution in [0.3, 0.4) is 0 Å². The molecule has 1 amide bonds. The van der Waals surface area contributed by atoms with Crippen LogP contribution >= 0.6 is 11.6 Å². The first-order valence-electron chi connectivity index (χ1n) is 9.18. The van der Waals surface area contributed by atoms with Gasteiger partial charge in [-0.3, -0.25) is 4.79 Å². The Morgan fingerprint density at radius 1 is 1.31 bits per heavy atom. The van der Waals surface area contributed by atoms with Crippen LogP contribution in [0.2, 0.25) is 5.02 Å². The van der Waals surface area contributed by atoms with Crippen molar-refractivity contribution in [2.24, 2.45) is 5.92 Å². The van der Waals surface area contributed by atoms with Crippen LogP contribution in [0.25, 0.3) is 0 Å². The van der Waals surface area contributed by atoms with Gasteiger partial charge in [-0.1, -0.05) is 23.8 Å². The zero-order valence-corrected chi connectivity index (χ0v) is 17.9. The second-order valence-corrected chi connectivity index (χ2v) is 9.47. The molecule has 1 aliphatic heterocycles. The molecule has 1 aliphatic rings. The van der Waals surface area contributed by atoms with Gasteiger partial charge in [-0.15, -0.1) is 0 Å². The van der Waals surface area contributed by atoms with Crippen molar-refractivity contribution in [3.63, 3.8) is 0 Å². The number of piperidine rings is 1. The van der Waals surface area contributed by atoms with Gasteiger partial charge in [0, 0.05) is 32.1 Å². The number of alkyl halides is 3. The van der Waals surface area contributed by atoms with Crippen molar-refractivity contribution >= 4 is 27.5 Å². The topological polar surface area (TPSA) is 57.7 Å². The maximum Gasteiger partial charge on any atom is 0.417 e. The highest BCUT2D eigenvalue weighted by molar-refractivity contribution is 7.89. The summed E-state index contributed by atoms with van der Waals surface area (Å²) in [6.45, 7) is 8.59. The van der Waals surface area contributed by atoms with E-state index in [0.29, 0.717) is 32.0 Å². The molecular formula is C19H24ClF3N2O3S. The molecule has 0 N–H and O–H groups in total. The highest BCUT2D eigenvalue weighted by Crippen LogP contribution is 2.36. The van der Waals surface area contributed by atoms with Gasteiger partial charge in [-0.2, -0.15) is 17.5 Å². The third-order valence-corrected chi connectivity index (χ3v) is 7.06. The van der Waals surface area contributed by atoms with E-state index in [0.717, 1.165) is 22.0 Å². The predicted octanol–water partition coefficient (Wildman–Crippen LogP) is 4.18. The molecule has 0 radical (unpaired) electrons. The quantitative estimate of drug-likeness (QED) is 0.608. The standard InChI is InChI=1S/C19H24ClF3N2O3S/c1-4-24(12-13(2)3)18(26)14-7-9-25(10-8-14)29(27,28)15-5-6-17(20)16(11-15)19(21,22)23/h5-6,11,14H,2,4,7-10,12H2,1,3H3. The van der Waals surface area contributed by atoms with Crippen molar-refractivity contribution in [1.29, 1.82) is 0 Å². The van der Waals surface area contributed by atoms with Gasteiger partial charge in [-0.25, -0.2) is 8.42 Å². The number of benzene rings is 1.